The number of aldehydes is 1. The molecule has 0 aliphatic heterocycles. The lowest BCUT2D eigenvalue weighted by Crippen LogP contribution is -1.90. The lowest BCUT2D eigenvalue weighted by molar-refractivity contribution is 0.112. The number of rotatable bonds is 2. The number of benzene rings is 2. The second kappa shape index (κ2) is 7.28. The number of carbonyl (C=O) groups excluding carboxylic acids is 1. The van der Waals surface area contributed by atoms with Crippen LogP contribution in [-0.4, -0.2) is 13.3 Å². The SMILES string of the molecule is CNc1ccc(F)c(C)c1.Cc1ccc(C=O)cc1N. The van der Waals surface area contributed by atoms with Crippen LogP contribution in [0.1, 0.15) is 21.5 Å². The molecule has 0 fully saturated rings. The summed E-state index contributed by atoms with van der Waals surface area (Å²) in [5.74, 6) is -0.154. The topological polar surface area (TPSA) is 55.1 Å². The molecule has 2 rings (SSSR count). The predicted octanol–water partition coefficient (Wildman–Crippen LogP) is 3.57. The molecular weight excluding hydrogens is 255 g/mol. The van der Waals surface area contributed by atoms with Gasteiger partial charge in [-0.25, -0.2) is 4.39 Å². The Balaban J connectivity index is 0.000000200. The van der Waals surface area contributed by atoms with Crippen LogP contribution in [-0.2, 0) is 0 Å². The summed E-state index contributed by atoms with van der Waals surface area (Å²) in [5, 5.41) is 2.93. The molecule has 0 saturated carbocycles. The average molecular weight is 274 g/mol. The Morgan fingerprint density at radius 1 is 1.10 bits per heavy atom. The second-order valence-electron chi connectivity index (χ2n) is 4.45. The molecule has 20 heavy (non-hydrogen) atoms. The number of carbonyl (C=O) groups is 1. The first kappa shape index (κ1) is 15.7. The average Bonchev–Trinajstić information content (AvgIpc) is 2.45. The highest BCUT2D eigenvalue weighted by molar-refractivity contribution is 5.77. The van der Waals surface area contributed by atoms with Crippen molar-refractivity contribution >= 4 is 17.7 Å². The largest absolute Gasteiger partial charge is 0.398 e. The number of aryl methyl sites for hydroxylation is 2. The highest BCUT2D eigenvalue weighted by Gasteiger charge is 1.95. The molecule has 0 spiro atoms. The lowest BCUT2D eigenvalue weighted by Gasteiger charge is -2.00. The first-order chi connectivity index (χ1) is 9.47. The summed E-state index contributed by atoms with van der Waals surface area (Å²) >= 11 is 0. The fourth-order valence-electron chi connectivity index (χ4n) is 1.53. The molecule has 2 aromatic carbocycles. The Hall–Kier alpha value is -2.36. The van der Waals surface area contributed by atoms with Crippen molar-refractivity contribution in [1.29, 1.82) is 0 Å². The van der Waals surface area contributed by atoms with Crippen molar-refractivity contribution in [2.45, 2.75) is 13.8 Å². The van der Waals surface area contributed by atoms with Crippen LogP contribution in [0.3, 0.4) is 0 Å². The first-order valence-electron chi connectivity index (χ1n) is 6.23. The Morgan fingerprint density at radius 2 is 1.80 bits per heavy atom. The number of nitrogens with two attached hydrogens (primary N) is 1. The van der Waals surface area contributed by atoms with E-state index in [9.17, 15) is 9.18 Å². The molecule has 3 nitrogen and oxygen atoms in total. The highest BCUT2D eigenvalue weighted by atomic mass is 19.1. The molecule has 0 aliphatic rings. The molecule has 0 amide bonds. The van der Waals surface area contributed by atoms with Crippen molar-refractivity contribution < 1.29 is 9.18 Å². The fourth-order valence-corrected chi connectivity index (χ4v) is 1.53. The van der Waals surface area contributed by atoms with Crippen molar-refractivity contribution in [1.82, 2.24) is 0 Å². The number of nitrogens with one attached hydrogen (secondary N) is 1. The van der Waals surface area contributed by atoms with E-state index in [0.717, 1.165) is 17.5 Å². The Bertz CT molecular complexity index is 597. The maximum Gasteiger partial charge on any atom is 0.150 e. The van der Waals surface area contributed by atoms with Crippen LogP contribution >= 0.6 is 0 Å². The number of hydrogen-bond acceptors (Lipinski definition) is 3. The van der Waals surface area contributed by atoms with Gasteiger partial charge in [0.25, 0.3) is 0 Å². The molecule has 0 radical (unpaired) electrons. The van der Waals surface area contributed by atoms with Gasteiger partial charge in [-0.1, -0.05) is 12.1 Å². The smallest absolute Gasteiger partial charge is 0.150 e. The number of halogens is 1. The lowest BCUT2D eigenvalue weighted by atomic mass is 10.1. The summed E-state index contributed by atoms with van der Waals surface area (Å²) < 4.78 is 12.6. The molecule has 0 aliphatic carbocycles. The zero-order valence-electron chi connectivity index (χ0n) is 11.9. The molecule has 0 bridgehead atoms. The van der Waals surface area contributed by atoms with Gasteiger partial charge in [-0.05, 0) is 49.2 Å². The van der Waals surface area contributed by atoms with Gasteiger partial charge in [-0.3, -0.25) is 4.79 Å². The van der Waals surface area contributed by atoms with Gasteiger partial charge < -0.3 is 11.1 Å². The van der Waals surface area contributed by atoms with E-state index in [-0.39, 0.29) is 5.82 Å². The first-order valence-corrected chi connectivity index (χ1v) is 6.23. The third kappa shape index (κ3) is 4.39. The van der Waals surface area contributed by atoms with Gasteiger partial charge in [0, 0.05) is 24.0 Å². The standard InChI is InChI=1S/C8H10FN.C8H9NO/c1-6-5-7(10-2)3-4-8(6)9;1-6-2-3-7(5-10)4-8(6)9/h3-5,10H,1-2H3;2-5H,9H2,1H3. The summed E-state index contributed by atoms with van der Waals surface area (Å²) in [5.41, 5.74) is 9.46. The quantitative estimate of drug-likeness (QED) is 0.650. The van der Waals surface area contributed by atoms with E-state index in [1.54, 1.807) is 31.2 Å². The van der Waals surface area contributed by atoms with Crippen LogP contribution in [0.15, 0.2) is 36.4 Å². The van der Waals surface area contributed by atoms with E-state index in [2.05, 4.69) is 5.32 Å². The summed E-state index contributed by atoms with van der Waals surface area (Å²) in [7, 11) is 1.81. The van der Waals surface area contributed by atoms with Crippen LogP contribution in [0.2, 0.25) is 0 Å². The molecule has 3 N–H and O–H groups in total. The summed E-state index contributed by atoms with van der Waals surface area (Å²) in [6, 6.07) is 10.2. The van der Waals surface area contributed by atoms with E-state index >= 15 is 0 Å². The van der Waals surface area contributed by atoms with Gasteiger partial charge in [0.05, 0.1) is 0 Å². The molecule has 2 aromatic rings. The van der Waals surface area contributed by atoms with Crippen molar-refractivity contribution in [2.75, 3.05) is 18.1 Å². The van der Waals surface area contributed by atoms with Crippen LogP contribution in [0.4, 0.5) is 15.8 Å². The predicted molar refractivity (Wildman–Crippen MR) is 81.7 cm³/mol. The van der Waals surface area contributed by atoms with Gasteiger partial charge in [0.1, 0.15) is 12.1 Å². The third-order valence-electron chi connectivity index (χ3n) is 2.89. The second-order valence-corrected chi connectivity index (χ2v) is 4.45. The molecule has 4 heteroatoms. The summed E-state index contributed by atoms with van der Waals surface area (Å²) in [6.45, 7) is 3.65. The number of nitrogen functional groups attached to an aromatic ring is 1. The normalized spacial score (nSPS) is 9.40. The van der Waals surface area contributed by atoms with Gasteiger partial charge in [0.2, 0.25) is 0 Å². The maximum atomic E-state index is 12.6. The van der Waals surface area contributed by atoms with Crippen LogP contribution in [0.25, 0.3) is 0 Å². The van der Waals surface area contributed by atoms with Crippen molar-refractivity contribution in [3.63, 3.8) is 0 Å². The molecule has 106 valence electrons. The zero-order chi connectivity index (χ0) is 15.1. The van der Waals surface area contributed by atoms with Crippen molar-refractivity contribution in [3.05, 3.63) is 58.9 Å². The minimum Gasteiger partial charge on any atom is -0.398 e. The van der Waals surface area contributed by atoms with E-state index < -0.39 is 0 Å². The van der Waals surface area contributed by atoms with Gasteiger partial charge in [-0.15, -0.1) is 0 Å². The maximum absolute atomic E-state index is 12.6. The minimum absolute atomic E-state index is 0.154. The molecule has 0 unspecified atom stereocenters. The van der Waals surface area contributed by atoms with E-state index in [1.807, 2.05) is 20.0 Å². The Labute approximate surface area is 118 Å². The number of anilines is 2. The minimum atomic E-state index is -0.154. The molecule has 0 heterocycles. The van der Waals surface area contributed by atoms with Crippen LogP contribution < -0.4 is 11.1 Å². The van der Waals surface area contributed by atoms with Crippen molar-refractivity contribution in [2.24, 2.45) is 0 Å². The molecule has 0 saturated heterocycles. The van der Waals surface area contributed by atoms with E-state index in [1.165, 1.54) is 6.07 Å². The van der Waals surface area contributed by atoms with E-state index in [0.29, 0.717) is 16.8 Å². The Morgan fingerprint density at radius 3 is 2.30 bits per heavy atom. The highest BCUT2D eigenvalue weighted by Crippen LogP contribution is 2.12. The fraction of sp³-hybridized carbons (Fsp3) is 0.188. The van der Waals surface area contributed by atoms with Gasteiger partial charge in [-0.2, -0.15) is 0 Å². The monoisotopic (exact) mass is 274 g/mol. The zero-order valence-corrected chi connectivity index (χ0v) is 11.9. The van der Waals surface area contributed by atoms with Crippen molar-refractivity contribution in [3.8, 4) is 0 Å². The number of hydrogen-bond donors (Lipinski definition) is 2. The van der Waals surface area contributed by atoms with Crippen LogP contribution in [0, 0.1) is 19.7 Å². The third-order valence-corrected chi connectivity index (χ3v) is 2.89. The molecule has 0 atom stereocenters. The molecular formula is C16H19FN2O. The van der Waals surface area contributed by atoms with E-state index in [4.69, 9.17) is 5.73 Å². The Kier molecular flexibility index (Phi) is 5.72. The van der Waals surface area contributed by atoms with Gasteiger partial charge >= 0.3 is 0 Å². The van der Waals surface area contributed by atoms with Gasteiger partial charge in [0.15, 0.2) is 0 Å². The molecule has 0 aromatic heterocycles. The summed E-state index contributed by atoms with van der Waals surface area (Å²) in [6.07, 6.45) is 0.787. The van der Waals surface area contributed by atoms with Crippen LogP contribution in [0.5, 0.6) is 0 Å². The summed E-state index contributed by atoms with van der Waals surface area (Å²) in [4.78, 5) is 10.2.